The van der Waals surface area contributed by atoms with Crippen LogP contribution in [0.25, 0.3) is 0 Å². The van der Waals surface area contributed by atoms with Crippen molar-refractivity contribution in [2.45, 2.75) is 25.5 Å². The number of hydrogen-bond acceptors (Lipinski definition) is 3. The third-order valence-corrected chi connectivity index (χ3v) is 3.75. The van der Waals surface area contributed by atoms with Gasteiger partial charge >= 0.3 is 0 Å². The largest absolute Gasteiger partial charge is 0.373 e. The van der Waals surface area contributed by atoms with Gasteiger partial charge < -0.3 is 10.5 Å². The lowest BCUT2D eigenvalue weighted by Crippen LogP contribution is -2.50. The molecule has 2 rings (SSSR count). The molecule has 0 amide bonds. The van der Waals surface area contributed by atoms with Crippen LogP contribution in [0.4, 0.5) is 4.39 Å². The molecular formula is C14H20ClFN2O. The van der Waals surface area contributed by atoms with Crippen molar-refractivity contribution in [2.24, 2.45) is 5.73 Å². The van der Waals surface area contributed by atoms with Gasteiger partial charge in [-0.25, -0.2) is 4.39 Å². The summed E-state index contributed by atoms with van der Waals surface area (Å²) in [5.41, 5.74) is 6.54. The van der Waals surface area contributed by atoms with Crippen LogP contribution in [-0.2, 0) is 4.74 Å². The average Bonchev–Trinajstić information content (AvgIpc) is 2.33. The third kappa shape index (κ3) is 3.45. The van der Waals surface area contributed by atoms with Gasteiger partial charge in [-0.2, -0.15) is 0 Å². The number of benzene rings is 1. The molecule has 0 aromatic heterocycles. The Morgan fingerprint density at radius 2 is 2.26 bits per heavy atom. The maximum atomic E-state index is 13.6. The van der Waals surface area contributed by atoms with Crippen molar-refractivity contribution >= 4 is 11.6 Å². The second-order valence-corrected chi connectivity index (χ2v) is 5.91. The highest BCUT2D eigenvalue weighted by molar-refractivity contribution is 6.30. The van der Waals surface area contributed by atoms with Gasteiger partial charge in [0.2, 0.25) is 0 Å². The Balaban J connectivity index is 2.21. The van der Waals surface area contributed by atoms with Crippen LogP contribution in [0.15, 0.2) is 18.2 Å². The molecule has 0 aliphatic carbocycles. The topological polar surface area (TPSA) is 38.5 Å². The maximum Gasteiger partial charge on any atom is 0.142 e. The molecule has 0 radical (unpaired) electrons. The summed E-state index contributed by atoms with van der Waals surface area (Å²) in [4.78, 5) is 2.24. The molecule has 3 nitrogen and oxygen atoms in total. The van der Waals surface area contributed by atoms with Crippen molar-refractivity contribution in [3.05, 3.63) is 34.6 Å². The number of rotatable bonds is 3. The molecule has 1 unspecified atom stereocenters. The van der Waals surface area contributed by atoms with E-state index in [0.717, 1.165) is 18.7 Å². The van der Waals surface area contributed by atoms with Gasteiger partial charge in [-0.3, -0.25) is 4.90 Å². The van der Waals surface area contributed by atoms with Gasteiger partial charge in [-0.05, 0) is 31.5 Å². The van der Waals surface area contributed by atoms with Crippen molar-refractivity contribution in [3.63, 3.8) is 0 Å². The molecule has 1 atom stereocenters. The van der Waals surface area contributed by atoms with E-state index < -0.39 is 5.82 Å². The fraction of sp³-hybridized carbons (Fsp3) is 0.571. The average molecular weight is 287 g/mol. The van der Waals surface area contributed by atoms with Crippen molar-refractivity contribution in [3.8, 4) is 0 Å². The lowest BCUT2D eigenvalue weighted by atomic mass is 10.0. The molecule has 5 heteroatoms. The van der Waals surface area contributed by atoms with E-state index in [1.54, 1.807) is 6.07 Å². The Hall–Kier alpha value is -0.680. The van der Waals surface area contributed by atoms with Gasteiger partial charge in [0.25, 0.3) is 0 Å². The molecule has 1 aromatic rings. The summed E-state index contributed by atoms with van der Waals surface area (Å²) in [6.45, 7) is 6.79. The monoisotopic (exact) mass is 286 g/mol. The Labute approximate surface area is 118 Å². The molecule has 1 fully saturated rings. The van der Waals surface area contributed by atoms with Crippen LogP contribution < -0.4 is 5.73 Å². The number of ether oxygens (including phenoxy) is 1. The molecule has 2 N–H and O–H groups in total. The van der Waals surface area contributed by atoms with E-state index >= 15 is 0 Å². The summed E-state index contributed by atoms with van der Waals surface area (Å²) >= 11 is 5.72. The molecule has 106 valence electrons. The zero-order valence-corrected chi connectivity index (χ0v) is 12.1. The fourth-order valence-electron chi connectivity index (χ4n) is 2.53. The maximum absolute atomic E-state index is 13.6. The van der Waals surface area contributed by atoms with Gasteiger partial charge in [0, 0.05) is 25.7 Å². The smallest absolute Gasteiger partial charge is 0.142 e. The van der Waals surface area contributed by atoms with Crippen molar-refractivity contribution < 1.29 is 9.13 Å². The summed E-state index contributed by atoms with van der Waals surface area (Å²) in [7, 11) is 0. The van der Waals surface area contributed by atoms with E-state index in [4.69, 9.17) is 22.1 Å². The number of hydrogen-bond donors (Lipinski definition) is 1. The van der Waals surface area contributed by atoms with Gasteiger partial charge in [0.05, 0.1) is 17.2 Å². The van der Waals surface area contributed by atoms with Crippen molar-refractivity contribution in [2.75, 3.05) is 26.2 Å². The predicted octanol–water partition coefficient (Wildman–Crippen LogP) is 2.59. The summed E-state index contributed by atoms with van der Waals surface area (Å²) in [5, 5.41) is 0.141. The minimum absolute atomic E-state index is 0.00468. The second-order valence-electron chi connectivity index (χ2n) is 5.50. The number of halogens is 2. The highest BCUT2D eigenvalue weighted by Gasteiger charge is 2.31. The minimum atomic E-state index is -0.398. The lowest BCUT2D eigenvalue weighted by molar-refractivity contribution is -0.0967. The first-order valence-corrected chi connectivity index (χ1v) is 6.84. The first-order chi connectivity index (χ1) is 8.93. The first-order valence-electron chi connectivity index (χ1n) is 6.46. The molecular weight excluding hydrogens is 267 g/mol. The SMILES string of the molecule is CC1(C)CN(C(CN)c2ccc(Cl)c(F)c2)CCO1. The standard InChI is InChI=1S/C14H20ClFN2O/c1-14(2)9-18(5-6-19-14)13(8-17)10-3-4-11(15)12(16)7-10/h3-4,7,13H,5-6,8-9,17H2,1-2H3. The van der Waals surface area contributed by atoms with Crippen LogP contribution in [0.1, 0.15) is 25.5 Å². The molecule has 1 saturated heterocycles. The van der Waals surface area contributed by atoms with Crippen LogP contribution in [0.2, 0.25) is 5.02 Å². The summed E-state index contributed by atoms with van der Waals surface area (Å²) in [5.74, 6) is -0.398. The van der Waals surface area contributed by atoms with E-state index in [9.17, 15) is 4.39 Å². The van der Waals surface area contributed by atoms with Crippen LogP contribution in [0.5, 0.6) is 0 Å². The molecule has 1 aliphatic rings. The van der Waals surface area contributed by atoms with E-state index in [0.29, 0.717) is 13.2 Å². The Kier molecular flexibility index (Phi) is 4.46. The Bertz CT molecular complexity index is 453. The van der Waals surface area contributed by atoms with Crippen LogP contribution >= 0.6 is 11.6 Å². The van der Waals surface area contributed by atoms with Gasteiger partial charge in [0.1, 0.15) is 5.82 Å². The summed E-state index contributed by atoms with van der Waals surface area (Å²) < 4.78 is 19.3. The van der Waals surface area contributed by atoms with Crippen LogP contribution in [-0.4, -0.2) is 36.7 Å². The van der Waals surface area contributed by atoms with Gasteiger partial charge in [-0.1, -0.05) is 17.7 Å². The normalized spacial score (nSPS) is 21.3. The number of nitrogens with zero attached hydrogens (tertiary/aromatic N) is 1. The Morgan fingerprint density at radius 3 is 2.84 bits per heavy atom. The van der Waals surface area contributed by atoms with E-state index in [2.05, 4.69) is 18.7 Å². The molecule has 0 spiro atoms. The molecule has 1 aliphatic heterocycles. The predicted molar refractivity (Wildman–Crippen MR) is 74.8 cm³/mol. The van der Waals surface area contributed by atoms with Crippen molar-refractivity contribution in [1.29, 1.82) is 0 Å². The van der Waals surface area contributed by atoms with Gasteiger partial charge in [0.15, 0.2) is 0 Å². The zero-order chi connectivity index (χ0) is 14.0. The summed E-state index contributed by atoms with van der Waals surface area (Å²) in [6, 6.07) is 4.89. The molecule has 19 heavy (non-hydrogen) atoms. The number of morpholine rings is 1. The quantitative estimate of drug-likeness (QED) is 0.928. The van der Waals surface area contributed by atoms with E-state index in [-0.39, 0.29) is 16.7 Å². The lowest BCUT2D eigenvalue weighted by Gasteiger charge is -2.42. The molecule has 1 aromatic carbocycles. The fourth-order valence-corrected chi connectivity index (χ4v) is 2.65. The molecule has 1 heterocycles. The highest BCUT2D eigenvalue weighted by atomic mass is 35.5. The van der Waals surface area contributed by atoms with Gasteiger partial charge in [-0.15, -0.1) is 0 Å². The van der Waals surface area contributed by atoms with E-state index in [1.165, 1.54) is 6.07 Å². The molecule has 0 saturated carbocycles. The highest BCUT2D eigenvalue weighted by Crippen LogP contribution is 2.28. The minimum Gasteiger partial charge on any atom is -0.373 e. The zero-order valence-electron chi connectivity index (χ0n) is 11.3. The number of nitrogens with two attached hydrogens (primary N) is 1. The second kappa shape index (κ2) is 5.75. The third-order valence-electron chi connectivity index (χ3n) is 3.45. The van der Waals surface area contributed by atoms with Crippen molar-refractivity contribution in [1.82, 2.24) is 4.90 Å². The van der Waals surface area contributed by atoms with E-state index in [1.807, 2.05) is 6.07 Å². The molecule has 0 bridgehead atoms. The first kappa shape index (κ1) is 14.7. The van der Waals surface area contributed by atoms with Crippen LogP contribution in [0.3, 0.4) is 0 Å². The van der Waals surface area contributed by atoms with Crippen LogP contribution in [0, 0.1) is 5.82 Å². The summed E-state index contributed by atoms with van der Waals surface area (Å²) in [6.07, 6.45) is 0. The Morgan fingerprint density at radius 1 is 1.53 bits per heavy atom.